The van der Waals surface area contributed by atoms with Crippen molar-refractivity contribution in [3.05, 3.63) is 101 Å². The summed E-state index contributed by atoms with van der Waals surface area (Å²) in [5.41, 5.74) is 11.8. The van der Waals surface area contributed by atoms with Crippen LogP contribution in [0.2, 0.25) is 0 Å². The highest BCUT2D eigenvalue weighted by Crippen LogP contribution is 2.17. The van der Waals surface area contributed by atoms with Gasteiger partial charge in [0.05, 0.1) is 11.4 Å². The summed E-state index contributed by atoms with van der Waals surface area (Å²) in [4.78, 5) is 8.31. The molecule has 32 heavy (non-hydrogen) atoms. The lowest BCUT2D eigenvalue weighted by Crippen LogP contribution is -1.94. The number of nitrogen functional groups attached to an aromatic ring is 1. The lowest BCUT2D eigenvalue weighted by molar-refractivity contribution is 0.869. The minimum Gasteiger partial charge on any atom is -0.399 e. The summed E-state index contributed by atoms with van der Waals surface area (Å²) in [6, 6.07) is 23.8. The van der Waals surface area contributed by atoms with Gasteiger partial charge in [0.15, 0.2) is 5.82 Å². The number of rotatable bonds is 3. The third kappa shape index (κ3) is 5.28. The van der Waals surface area contributed by atoms with Crippen LogP contribution in [0.1, 0.15) is 11.1 Å². The van der Waals surface area contributed by atoms with E-state index >= 15 is 0 Å². The third-order valence-electron chi connectivity index (χ3n) is 4.72. The molecule has 0 bridgehead atoms. The fourth-order valence-corrected chi connectivity index (χ4v) is 3.18. The number of halogens is 1. The van der Waals surface area contributed by atoms with Crippen LogP contribution in [0.15, 0.2) is 90.2 Å². The molecule has 0 spiro atoms. The van der Waals surface area contributed by atoms with E-state index in [9.17, 15) is 0 Å². The van der Waals surface area contributed by atoms with Crippen molar-refractivity contribution in [2.24, 2.45) is 0 Å². The maximum Gasteiger partial charge on any atom is 0.217 e. The maximum absolute atomic E-state index is 5.67. The summed E-state index contributed by atoms with van der Waals surface area (Å²) in [7, 11) is 0. The number of nitrogens with two attached hydrogens (primary N) is 1. The van der Waals surface area contributed by atoms with Crippen LogP contribution < -0.4 is 5.73 Å². The Morgan fingerprint density at radius 3 is 1.66 bits per heavy atom. The quantitative estimate of drug-likeness (QED) is 0.355. The molecule has 0 radical (unpaired) electrons. The molecule has 160 valence electrons. The molecule has 2 aromatic heterocycles. The fraction of sp³-hybridized carbons (Fsp3) is 0.0833. The Balaban J connectivity index is 0.000000165. The average Bonchev–Trinajstić information content (AvgIpc) is 3.46. The normalized spacial score (nSPS) is 10.5. The molecular weight excluding hydrogens is 466 g/mol. The summed E-state index contributed by atoms with van der Waals surface area (Å²) in [6.45, 7) is 4.12. The Labute approximate surface area is 194 Å². The Morgan fingerprint density at radius 2 is 1.16 bits per heavy atom. The molecule has 3 aromatic carbocycles. The smallest absolute Gasteiger partial charge is 0.217 e. The van der Waals surface area contributed by atoms with Gasteiger partial charge >= 0.3 is 0 Å². The number of anilines is 1. The van der Waals surface area contributed by atoms with Gasteiger partial charge in [-0.1, -0.05) is 35.4 Å². The zero-order valence-corrected chi connectivity index (χ0v) is 19.3. The second-order valence-corrected chi connectivity index (χ2v) is 7.97. The topological polar surface area (TPSA) is 87.4 Å². The van der Waals surface area contributed by atoms with Crippen molar-refractivity contribution in [2.75, 3.05) is 5.73 Å². The first-order valence-corrected chi connectivity index (χ1v) is 10.8. The van der Waals surface area contributed by atoms with Crippen LogP contribution in [0.5, 0.6) is 0 Å². The summed E-state index contributed by atoms with van der Waals surface area (Å²) < 4.78 is 4.10. The van der Waals surface area contributed by atoms with Gasteiger partial charge in [0.25, 0.3) is 0 Å². The van der Waals surface area contributed by atoms with E-state index in [-0.39, 0.29) is 0 Å². The predicted octanol–water partition coefficient (Wildman–Crippen LogP) is 5.16. The van der Waals surface area contributed by atoms with E-state index < -0.39 is 0 Å². The Hall–Kier alpha value is -3.78. The predicted molar refractivity (Wildman–Crippen MR) is 130 cm³/mol. The molecule has 0 saturated heterocycles. The van der Waals surface area contributed by atoms with Crippen LogP contribution in [-0.2, 0) is 0 Å². The van der Waals surface area contributed by atoms with Gasteiger partial charge in [0.1, 0.15) is 12.7 Å². The molecule has 0 amide bonds. The van der Waals surface area contributed by atoms with Crippen molar-refractivity contribution in [1.82, 2.24) is 29.5 Å². The minimum absolute atomic E-state index is 0.605. The molecule has 5 aromatic rings. The molecule has 5 rings (SSSR count). The minimum atomic E-state index is 0.605. The highest BCUT2D eigenvalue weighted by molar-refractivity contribution is 9.10. The van der Waals surface area contributed by atoms with Crippen LogP contribution in [0.25, 0.3) is 22.8 Å². The molecule has 0 unspecified atom stereocenters. The molecule has 0 aliphatic heterocycles. The van der Waals surface area contributed by atoms with Gasteiger partial charge in [-0.05, 0) is 78.3 Å². The van der Waals surface area contributed by atoms with Gasteiger partial charge in [0, 0.05) is 11.3 Å². The van der Waals surface area contributed by atoms with Crippen molar-refractivity contribution in [3.8, 4) is 22.8 Å². The van der Waals surface area contributed by atoms with E-state index in [0.717, 1.165) is 22.6 Å². The molecule has 0 fully saturated rings. The van der Waals surface area contributed by atoms with E-state index in [1.165, 1.54) is 11.1 Å². The lowest BCUT2D eigenvalue weighted by atomic mass is 10.2. The van der Waals surface area contributed by atoms with Gasteiger partial charge in [-0.25, -0.2) is 19.3 Å². The van der Waals surface area contributed by atoms with Crippen LogP contribution in [0.3, 0.4) is 0 Å². The first-order valence-electron chi connectivity index (χ1n) is 9.97. The van der Waals surface area contributed by atoms with Gasteiger partial charge in [-0.2, -0.15) is 0 Å². The number of benzene rings is 3. The first kappa shape index (κ1) is 21.5. The molecule has 7 nitrogen and oxygen atoms in total. The summed E-state index contributed by atoms with van der Waals surface area (Å²) in [5.74, 6) is 0.695. The molecular formula is C24H22BrN7. The monoisotopic (exact) mass is 487 g/mol. The Kier molecular flexibility index (Phi) is 6.42. The largest absolute Gasteiger partial charge is 0.399 e. The highest BCUT2D eigenvalue weighted by Gasteiger charge is 2.05. The number of hydrogen-bond donors (Lipinski definition) is 1. The average molecular weight is 488 g/mol. The highest BCUT2D eigenvalue weighted by atomic mass is 79.9. The molecule has 8 heteroatoms. The molecule has 0 atom stereocenters. The van der Waals surface area contributed by atoms with E-state index in [1.54, 1.807) is 22.0 Å². The van der Waals surface area contributed by atoms with Crippen molar-refractivity contribution in [2.45, 2.75) is 13.8 Å². The standard InChI is InChI=1S/C15H14N4.C9H8BrN3/c1-11-2-8-14(9-3-11)19-10-17-15(18-19)12-4-6-13(16)7-5-12;1-7-2-4-8(5-3-7)13-6-11-9(10)12-13/h2-10H,16H2,1H3;2-6H,1H3. The molecule has 0 aliphatic rings. The second-order valence-electron chi connectivity index (χ2n) is 7.26. The summed E-state index contributed by atoms with van der Waals surface area (Å²) >= 11 is 3.20. The van der Waals surface area contributed by atoms with Crippen molar-refractivity contribution in [3.63, 3.8) is 0 Å². The van der Waals surface area contributed by atoms with E-state index in [2.05, 4.69) is 62.1 Å². The van der Waals surface area contributed by atoms with Crippen LogP contribution in [-0.4, -0.2) is 29.5 Å². The SMILES string of the molecule is Cc1ccc(-n2cnc(-c3ccc(N)cc3)n2)cc1.Cc1ccc(-n2cnc(Br)n2)cc1. The van der Waals surface area contributed by atoms with Gasteiger partial charge in [-0.15, -0.1) is 10.2 Å². The maximum atomic E-state index is 5.67. The summed E-state index contributed by atoms with van der Waals surface area (Å²) in [5, 5.41) is 8.61. The van der Waals surface area contributed by atoms with Crippen LogP contribution in [0, 0.1) is 13.8 Å². The Bertz CT molecular complexity index is 1230. The third-order valence-corrected chi connectivity index (χ3v) is 5.09. The van der Waals surface area contributed by atoms with Gasteiger partial charge in [0.2, 0.25) is 4.73 Å². The van der Waals surface area contributed by atoms with Crippen molar-refractivity contribution < 1.29 is 0 Å². The van der Waals surface area contributed by atoms with Crippen LogP contribution in [0.4, 0.5) is 5.69 Å². The second kappa shape index (κ2) is 9.57. The fourth-order valence-electron chi connectivity index (χ4n) is 2.91. The van der Waals surface area contributed by atoms with Crippen molar-refractivity contribution in [1.29, 1.82) is 0 Å². The molecule has 0 aliphatic carbocycles. The molecule has 2 N–H and O–H groups in total. The molecule has 0 saturated carbocycles. The first-order chi connectivity index (χ1) is 15.5. The van der Waals surface area contributed by atoms with E-state index in [4.69, 9.17) is 5.73 Å². The molecule has 2 heterocycles. The van der Waals surface area contributed by atoms with Gasteiger partial charge in [-0.3, -0.25) is 0 Å². The number of aromatic nitrogens is 6. The Morgan fingerprint density at radius 1 is 0.656 bits per heavy atom. The van der Waals surface area contributed by atoms with Gasteiger partial charge < -0.3 is 5.73 Å². The van der Waals surface area contributed by atoms with Crippen LogP contribution >= 0.6 is 15.9 Å². The number of aryl methyl sites for hydroxylation is 2. The zero-order valence-electron chi connectivity index (χ0n) is 17.7. The van der Waals surface area contributed by atoms with E-state index in [0.29, 0.717) is 10.6 Å². The van der Waals surface area contributed by atoms with E-state index in [1.807, 2.05) is 60.7 Å². The lowest BCUT2D eigenvalue weighted by Gasteiger charge is -2.00. The zero-order chi connectivity index (χ0) is 22.5. The van der Waals surface area contributed by atoms with Crippen molar-refractivity contribution >= 4 is 21.6 Å². The summed E-state index contributed by atoms with van der Waals surface area (Å²) in [6.07, 6.45) is 3.39. The number of nitrogens with zero attached hydrogens (tertiary/aromatic N) is 6. The number of hydrogen-bond acceptors (Lipinski definition) is 5.